The Labute approximate surface area is 193 Å². The highest BCUT2D eigenvalue weighted by atomic mass is 19.1. The van der Waals surface area contributed by atoms with Crippen LogP contribution < -0.4 is 10.6 Å². The molecule has 0 bridgehead atoms. The predicted molar refractivity (Wildman–Crippen MR) is 123 cm³/mol. The minimum Gasteiger partial charge on any atom is -0.465 e. The number of piperidine rings is 1. The third kappa shape index (κ3) is 4.70. The Morgan fingerprint density at radius 3 is 2.91 bits per heavy atom. The fraction of sp³-hybridized carbons (Fsp3) is 0.583. The predicted octanol–water partition coefficient (Wildman–Crippen LogP) is 2.69. The molecule has 2 fully saturated rings. The number of para-hydroxylation sites is 1. The third-order valence-electron chi connectivity index (χ3n) is 7.03. The van der Waals surface area contributed by atoms with Crippen molar-refractivity contribution in [2.24, 2.45) is 5.92 Å². The van der Waals surface area contributed by atoms with E-state index in [1.807, 2.05) is 17.9 Å². The number of benzene rings is 1. The summed E-state index contributed by atoms with van der Waals surface area (Å²) in [6, 6.07) is 4.78. The first kappa shape index (κ1) is 23.5. The van der Waals surface area contributed by atoms with Crippen molar-refractivity contribution in [3.63, 3.8) is 0 Å². The van der Waals surface area contributed by atoms with E-state index in [0.717, 1.165) is 35.9 Å². The molecule has 0 saturated carbocycles. The topological polar surface area (TPSA) is 95.8 Å². The van der Waals surface area contributed by atoms with Crippen molar-refractivity contribution < 1.29 is 23.8 Å². The highest BCUT2D eigenvalue weighted by Gasteiger charge is 2.38. The molecule has 2 saturated heterocycles. The van der Waals surface area contributed by atoms with E-state index in [4.69, 9.17) is 9.84 Å². The minimum absolute atomic E-state index is 0.0191. The molecule has 33 heavy (non-hydrogen) atoms. The number of aryl methyl sites for hydroxylation is 2. The zero-order valence-corrected chi connectivity index (χ0v) is 19.3. The normalized spacial score (nSPS) is 23.2. The van der Waals surface area contributed by atoms with Gasteiger partial charge >= 0.3 is 6.09 Å². The summed E-state index contributed by atoms with van der Waals surface area (Å²) in [6.07, 6.45) is 1.44. The van der Waals surface area contributed by atoms with Gasteiger partial charge in [-0.05, 0) is 37.8 Å². The Morgan fingerprint density at radius 2 is 2.15 bits per heavy atom. The summed E-state index contributed by atoms with van der Waals surface area (Å²) in [7, 11) is 1.66. The van der Waals surface area contributed by atoms with Crippen molar-refractivity contribution in [1.82, 2.24) is 20.1 Å². The van der Waals surface area contributed by atoms with E-state index in [-0.39, 0.29) is 17.6 Å². The molecule has 180 valence electrons. The number of methoxy groups -OCH3 is 1. The lowest BCUT2D eigenvalue weighted by Gasteiger charge is -2.36. The molecule has 3 atom stereocenters. The number of likely N-dealkylation sites (tertiary alicyclic amines) is 1. The van der Waals surface area contributed by atoms with Gasteiger partial charge in [-0.15, -0.1) is 0 Å². The Hall–Kier alpha value is -2.65. The molecule has 4 rings (SSSR count). The molecule has 2 amide bonds. The average molecular weight is 461 g/mol. The highest BCUT2D eigenvalue weighted by Crippen LogP contribution is 2.37. The summed E-state index contributed by atoms with van der Waals surface area (Å²) in [5.74, 6) is -0.569. The van der Waals surface area contributed by atoms with E-state index in [2.05, 4.69) is 15.2 Å². The van der Waals surface area contributed by atoms with Gasteiger partial charge < -0.3 is 29.9 Å². The number of hydrogen-bond donors (Lipinski definition) is 3. The number of nitrogens with one attached hydrogen (secondary N) is 2. The second-order valence-corrected chi connectivity index (χ2v) is 9.09. The maximum Gasteiger partial charge on any atom is 0.404 e. The maximum atomic E-state index is 14.9. The highest BCUT2D eigenvalue weighted by molar-refractivity contribution is 5.86. The van der Waals surface area contributed by atoms with Crippen LogP contribution in [0.25, 0.3) is 10.9 Å². The zero-order valence-electron chi connectivity index (χ0n) is 19.3. The number of aromatic nitrogens is 1. The summed E-state index contributed by atoms with van der Waals surface area (Å²) >= 11 is 0. The van der Waals surface area contributed by atoms with E-state index in [9.17, 15) is 14.0 Å². The van der Waals surface area contributed by atoms with Gasteiger partial charge in [-0.2, -0.15) is 0 Å². The summed E-state index contributed by atoms with van der Waals surface area (Å²) in [5.41, 5.74) is 2.78. The molecule has 2 aliphatic rings. The molecule has 3 N–H and O–H groups in total. The average Bonchev–Trinajstić information content (AvgIpc) is 3.36. The summed E-state index contributed by atoms with van der Waals surface area (Å²) in [4.78, 5) is 26.3. The van der Waals surface area contributed by atoms with Crippen LogP contribution in [0.2, 0.25) is 0 Å². The Morgan fingerprint density at radius 1 is 1.33 bits per heavy atom. The van der Waals surface area contributed by atoms with Crippen LogP contribution in [0, 0.1) is 18.7 Å². The first-order valence-electron chi connectivity index (χ1n) is 11.7. The lowest BCUT2D eigenvalue weighted by atomic mass is 9.90. The zero-order chi connectivity index (χ0) is 23.5. The van der Waals surface area contributed by atoms with Gasteiger partial charge in [-0.1, -0.05) is 12.1 Å². The third-order valence-corrected chi connectivity index (χ3v) is 7.03. The number of halogens is 1. The monoisotopic (exact) mass is 460 g/mol. The molecule has 8 nitrogen and oxygen atoms in total. The standard InChI is InChI=1S/C24H33FN4O4/c1-15-17-7-3-8-19(25)22(17)29(10-5-11-33-2)21(15)16-6-4-9-28(14-16)23(30)18-12-26-13-20(18)27-24(31)32/h3,7-8,16,18,20,26-27H,4-6,9-14H2,1-2H3,(H,31,32)/t16?,18-,20+/m0/s1. The van der Waals surface area contributed by atoms with Gasteiger partial charge in [-0.3, -0.25) is 4.79 Å². The number of carboxylic acid groups (broad SMARTS) is 1. The van der Waals surface area contributed by atoms with Crippen molar-refractivity contribution in [1.29, 1.82) is 0 Å². The molecule has 2 aliphatic heterocycles. The molecular weight excluding hydrogens is 427 g/mol. The second kappa shape index (κ2) is 10.1. The summed E-state index contributed by atoms with van der Waals surface area (Å²) in [5, 5.41) is 15.6. The number of amides is 2. The smallest absolute Gasteiger partial charge is 0.404 e. The van der Waals surface area contributed by atoms with Crippen LogP contribution in [0.4, 0.5) is 9.18 Å². The van der Waals surface area contributed by atoms with Crippen molar-refractivity contribution in [3.8, 4) is 0 Å². The van der Waals surface area contributed by atoms with E-state index >= 15 is 0 Å². The summed E-state index contributed by atoms with van der Waals surface area (Å²) < 4.78 is 22.2. The van der Waals surface area contributed by atoms with Crippen LogP contribution in [-0.2, 0) is 16.1 Å². The Kier molecular flexibility index (Phi) is 7.19. The fourth-order valence-electron chi connectivity index (χ4n) is 5.56. The maximum absolute atomic E-state index is 14.9. The quantitative estimate of drug-likeness (QED) is 0.552. The van der Waals surface area contributed by atoms with Gasteiger partial charge in [0.15, 0.2) is 0 Å². The van der Waals surface area contributed by atoms with E-state index in [1.54, 1.807) is 13.2 Å². The molecular formula is C24H33FN4O4. The minimum atomic E-state index is -1.11. The van der Waals surface area contributed by atoms with Gasteiger partial charge in [0.25, 0.3) is 0 Å². The molecule has 1 unspecified atom stereocenters. The van der Waals surface area contributed by atoms with Crippen molar-refractivity contribution in [2.45, 2.75) is 44.7 Å². The van der Waals surface area contributed by atoms with E-state index in [0.29, 0.717) is 44.8 Å². The van der Waals surface area contributed by atoms with Crippen LogP contribution >= 0.6 is 0 Å². The first-order chi connectivity index (χ1) is 15.9. The first-order valence-corrected chi connectivity index (χ1v) is 11.7. The van der Waals surface area contributed by atoms with Crippen molar-refractivity contribution in [2.75, 3.05) is 39.9 Å². The number of hydrogen-bond acceptors (Lipinski definition) is 4. The van der Waals surface area contributed by atoms with Crippen LogP contribution in [0.3, 0.4) is 0 Å². The number of fused-ring (bicyclic) bond motifs is 1. The van der Waals surface area contributed by atoms with Gasteiger partial charge in [0.05, 0.1) is 17.5 Å². The van der Waals surface area contributed by atoms with Crippen LogP contribution in [0.1, 0.15) is 36.4 Å². The van der Waals surface area contributed by atoms with Gasteiger partial charge in [0.2, 0.25) is 5.91 Å². The second-order valence-electron chi connectivity index (χ2n) is 9.09. The Bertz CT molecular complexity index is 1020. The lowest BCUT2D eigenvalue weighted by molar-refractivity contribution is -0.136. The molecule has 0 aliphatic carbocycles. The van der Waals surface area contributed by atoms with E-state index in [1.165, 1.54) is 6.07 Å². The molecule has 2 aromatic rings. The van der Waals surface area contributed by atoms with Crippen LogP contribution in [0.5, 0.6) is 0 Å². The number of ether oxygens (including phenoxy) is 1. The Balaban J connectivity index is 1.61. The number of rotatable bonds is 7. The SMILES string of the molecule is COCCCn1c(C2CCCN(C(=O)[C@H]3CNC[C@H]3NC(=O)O)C2)c(C)c2cccc(F)c21. The van der Waals surface area contributed by atoms with Crippen molar-refractivity contribution >= 4 is 22.9 Å². The van der Waals surface area contributed by atoms with Gasteiger partial charge in [-0.25, -0.2) is 9.18 Å². The van der Waals surface area contributed by atoms with Crippen molar-refractivity contribution in [3.05, 3.63) is 35.3 Å². The van der Waals surface area contributed by atoms with Gasteiger partial charge in [0.1, 0.15) is 5.82 Å². The number of nitrogens with zero attached hydrogens (tertiary/aromatic N) is 2. The van der Waals surface area contributed by atoms with E-state index < -0.39 is 18.1 Å². The molecule has 1 aromatic carbocycles. The van der Waals surface area contributed by atoms with Crippen LogP contribution in [-0.4, -0.2) is 72.5 Å². The molecule has 1 aromatic heterocycles. The lowest BCUT2D eigenvalue weighted by Crippen LogP contribution is -2.49. The molecule has 0 radical (unpaired) electrons. The molecule has 0 spiro atoms. The number of carbonyl (C=O) groups is 2. The van der Waals surface area contributed by atoms with Gasteiger partial charge in [0, 0.05) is 63.4 Å². The summed E-state index contributed by atoms with van der Waals surface area (Å²) in [6.45, 7) is 5.41. The van der Waals surface area contributed by atoms with Crippen LogP contribution in [0.15, 0.2) is 18.2 Å². The molecule has 3 heterocycles. The molecule has 9 heteroatoms. The fourth-order valence-corrected chi connectivity index (χ4v) is 5.56. The number of carbonyl (C=O) groups excluding carboxylic acids is 1. The largest absolute Gasteiger partial charge is 0.465 e.